The molecule has 0 aromatic heterocycles. The average Bonchev–Trinajstić information content (AvgIpc) is 2.78. The standard InChI is InChI=1S/C25H36N4O4S/c1-8-26-25(31)21(5)28(16-22-12-10-9-11-19(22)3)24(30)17-29(34(32,33)27(6)7)23-15-18(2)13-14-20(23)4/h9-15,21H,8,16-17H2,1-7H3,(H,26,31)/t21-/m1/s1. The molecule has 0 aliphatic heterocycles. The number of hydrogen-bond donors (Lipinski definition) is 1. The summed E-state index contributed by atoms with van der Waals surface area (Å²) in [6.45, 7) is 9.26. The summed E-state index contributed by atoms with van der Waals surface area (Å²) in [5, 5.41) is 2.76. The van der Waals surface area contributed by atoms with Crippen LogP contribution in [0.1, 0.15) is 36.1 Å². The summed E-state index contributed by atoms with van der Waals surface area (Å²) in [6, 6.07) is 12.3. The Labute approximate surface area is 203 Å². The molecule has 2 aromatic rings. The third-order valence-corrected chi connectivity index (χ3v) is 7.58. The van der Waals surface area contributed by atoms with E-state index in [1.54, 1.807) is 19.9 Å². The lowest BCUT2D eigenvalue weighted by atomic mass is 10.1. The van der Waals surface area contributed by atoms with Crippen LogP contribution in [0.4, 0.5) is 5.69 Å². The maximum atomic E-state index is 13.7. The Balaban J connectivity index is 2.52. The Morgan fingerprint density at radius 3 is 2.24 bits per heavy atom. The number of carbonyl (C=O) groups excluding carboxylic acids is 2. The van der Waals surface area contributed by atoms with Crippen LogP contribution >= 0.6 is 0 Å². The lowest BCUT2D eigenvalue weighted by molar-refractivity contribution is -0.139. The number of carbonyl (C=O) groups is 2. The van der Waals surface area contributed by atoms with Gasteiger partial charge in [-0.05, 0) is 62.9 Å². The van der Waals surface area contributed by atoms with Crippen molar-refractivity contribution in [1.29, 1.82) is 0 Å². The van der Waals surface area contributed by atoms with Crippen molar-refractivity contribution < 1.29 is 18.0 Å². The maximum Gasteiger partial charge on any atom is 0.304 e. The van der Waals surface area contributed by atoms with E-state index in [2.05, 4.69) is 5.32 Å². The Hall–Kier alpha value is -2.91. The number of rotatable bonds is 10. The van der Waals surface area contributed by atoms with E-state index in [-0.39, 0.29) is 12.5 Å². The molecule has 2 rings (SSSR count). The van der Waals surface area contributed by atoms with Gasteiger partial charge in [-0.3, -0.25) is 9.59 Å². The number of nitrogens with zero attached hydrogens (tertiary/aromatic N) is 3. The molecule has 2 aromatic carbocycles. The fourth-order valence-electron chi connectivity index (χ4n) is 3.57. The summed E-state index contributed by atoms with van der Waals surface area (Å²) < 4.78 is 28.7. The van der Waals surface area contributed by atoms with E-state index in [1.165, 1.54) is 19.0 Å². The second kappa shape index (κ2) is 11.5. The van der Waals surface area contributed by atoms with Crippen LogP contribution in [0, 0.1) is 20.8 Å². The van der Waals surface area contributed by atoms with Crippen molar-refractivity contribution in [3.8, 4) is 0 Å². The van der Waals surface area contributed by atoms with Crippen molar-refractivity contribution in [3.05, 3.63) is 64.7 Å². The fourth-order valence-corrected chi connectivity index (χ4v) is 4.68. The third-order valence-electron chi connectivity index (χ3n) is 5.77. The topological polar surface area (TPSA) is 90.0 Å². The van der Waals surface area contributed by atoms with Gasteiger partial charge in [-0.25, -0.2) is 4.31 Å². The maximum absolute atomic E-state index is 13.7. The predicted octanol–water partition coefficient (Wildman–Crippen LogP) is 2.78. The lowest BCUT2D eigenvalue weighted by Crippen LogP contribution is -2.52. The first-order chi connectivity index (χ1) is 15.9. The Morgan fingerprint density at radius 2 is 1.65 bits per heavy atom. The number of likely N-dealkylation sites (N-methyl/N-ethyl adjacent to an activating group) is 1. The normalized spacial score (nSPS) is 12.4. The van der Waals surface area contributed by atoms with Crippen molar-refractivity contribution in [2.45, 2.75) is 47.2 Å². The highest BCUT2D eigenvalue weighted by Gasteiger charge is 2.33. The molecule has 0 saturated heterocycles. The zero-order chi connectivity index (χ0) is 25.6. The van der Waals surface area contributed by atoms with E-state index < -0.39 is 28.7 Å². The molecule has 0 heterocycles. The first-order valence-electron chi connectivity index (χ1n) is 11.3. The van der Waals surface area contributed by atoms with Crippen molar-refractivity contribution >= 4 is 27.7 Å². The molecule has 0 spiro atoms. The minimum absolute atomic E-state index is 0.187. The molecule has 0 saturated carbocycles. The van der Waals surface area contributed by atoms with Crippen LogP contribution in [0.25, 0.3) is 0 Å². The molecule has 0 unspecified atom stereocenters. The quantitative estimate of drug-likeness (QED) is 0.557. The van der Waals surface area contributed by atoms with Crippen LogP contribution in [0.3, 0.4) is 0 Å². The highest BCUT2D eigenvalue weighted by Crippen LogP contribution is 2.26. The highest BCUT2D eigenvalue weighted by molar-refractivity contribution is 7.90. The average molecular weight is 489 g/mol. The molecule has 8 nitrogen and oxygen atoms in total. The van der Waals surface area contributed by atoms with Crippen LogP contribution in [0.15, 0.2) is 42.5 Å². The molecule has 186 valence electrons. The van der Waals surface area contributed by atoms with Gasteiger partial charge in [0.15, 0.2) is 0 Å². The summed E-state index contributed by atoms with van der Waals surface area (Å²) >= 11 is 0. The molecule has 0 radical (unpaired) electrons. The first kappa shape index (κ1) is 27.3. The van der Waals surface area contributed by atoms with Gasteiger partial charge in [0.05, 0.1) is 5.69 Å². The van der Waals surface area contributed by atoms with E-state index in [1.807, 2.05) is 57.2 Å². The van der Waals surface area contributed by atoms with Crippen LogP contribution < -0.4 is 9.62 Å². The molecule has 34 heavy (non-hydrogen) atoms. The van der Waals surface area contributed by atoms with E-state index in [4.69, 9.17) is 0 Å². The van der Waals surface area contributed by atoms with E-state index in [0.29, 0.717) is 12.2 Å². The highest BCUT2D eigenvalue weighted by atomic mass is 32.2. The van der Waals surface area contributed by atoms with Crippen molar-refractivity contribution in [2.75, 3.05) is 31.5 Å². The van der Waals surface area contributed by atoms with Crippen LogP contribution in [-0.2, 0) is 26.3 Å². The first-order valence-corrected chi connectivity index (χ1v) is 12.7. The van der Waals surface area contributed by atoms with Crippen molar-refractivity contribution in [2.24, 2.45) is 0 Å². The van der Waals surface area contributed by atoms with Gasteiger partial charge >= 0.3 is 10.2 Å². The minimum Gasteiger partial charge on any atom is -0.355 e. The number of aryl methyl sites for hydroxylation is 3. The predicted molar refractivity (Wildman–Crippen MR) is 136 cm³/mol. The number of hydrogen-bond acceptors (Lipinski definition) is 4. The summed E-state index contributed by atoms with van der Waals surface area (Å²) in [4.78, 5) is 27.8. The number of benzene rings is 2. The van der Waals surface area contributed by atoms with Crippen LogP contribution in [-0.4, -0.2) is 62.7 Å². The molecule has 1 N–H and O–H groups in total. The second-order valence-electron chi connectivity index (χ2n) is 8.61. The van der Waals surface area contributed by atoms with Gasteiger partial charge in [-0.1, -0.05) is 36.4 Å². The van der Waals surface area contributed by atoms with Gasteiger partial charge in [0.1, 0.15) is 12.6 Å². The smallest absolute Gasteiger partial charge is 0.304 e. The van der Waals surface area contributed by atoms with Crippen LogP contribution in [0.2, 0.25) is 0 Å². The van der Waals surface area contributed by atoms with Crippen molar-refractivity contribution in [1.82, 2.24) is 14.5 Å². The SMILES string of the molecule is CCNC(=O)[C@@H](C)N(Cc1ccccc1C)C(=O)CN(c1cc(C)ccc1C)S(=O)(=O)N(C)C. The second-order valence-corrected chi connectivity index (χ2v) is 10.7. The van der Waals surface area contributed by atoms with Gasteiger partial charge in [-0.15, -0.1) is 0 Å². The van der Waals surface area contributed by atoms with E-state index in [9.17, 15) is 18.0 Å². The Morgan fingerprint density at radius 1 is 1.00 bits per heavy atom. The molecule has 1 atom stereocenters. The number of amides is 2. The summed E-state index contributed by atoms with van der Waals surface area (Å²) in [6.07, 6.45) is 0. The molecule has 2 amide bonds. The number of anilines is 1. The van der Waals surface area contributed by atoms with E-state index in [0.717, 1.165) is 30.9 Å². The summed E-state index contributed by atoms with van der Waals surface area (Å²) in [7, 11) is -1.12. The summed E-state index contributed by atoms with van der Waals surface area (Å²) in [5.74, 6) is -0.758. The van der Waals surface area contributed by atoms with Gasteiger partial charge < -0.3 is 10.2 Å². The largest absolute Gasteiger partial charge is 0.355 e. The molecule has 0 fully saturated rings. The van der Waals surface area contributed by atoms with Crippen molar-refractivity contribution in [3.63, 3.8) is 0 Å². The van der Waals surface area contributed by atoms with Gasteiger partial charge in [0, 0.05) is 27.2 Å². The molecular formula is C25H36N4O4S. The summed E-state index contributed by atoms with van der Waals surface area (Å²) in [5.41, 5.74) is 3.91. The molecule has 0 aliphatic carbocycles. The Kier molecular flexibility index (Phi) is 9.23. The fraction of sp³-hybridized carbons (Fsp3) is 0.440. The lowest BCUT2D eigenvalue weighted by Gasteiger charge is -2.33. The molecule has 0 bridgehead atoms. The van der Waals surface area contributed by atoms with E-state index >= 15 is 0 Å². The molecular weight excluding hydrogens is 452 g/mol. The van der Waals surface area contributed by atoms with Crippen LogP contribution in [0.5, 0.6) is 0 Å². The number of nitrogens with one attached hydrogen (secondary N) is 1. The van der Waals surface area contributed by atoms with Gasteiger partial charge in [0.2, 0.25) is 11.8 Å². The monoisotopic (exact) mass is 488 g/mol. The molecule has 0 aliphatic rings. The third kappa shape index (κ3) is 6.36. The minimum atomic E-state index is -3.98. The zero-order valence-corrected chi connectivity index (χ0v) is 21.9. The Bertz CT molecular complexity index is 1130. The van der Waals surface area contributed by atoms with Gasteiger partial charge in [-0.2, -0.15) is 12.7 Å². The molecule has 9 heteroatoms. The van der Waals surface area contributed by atoms with Gasteiger partial charge in [0.25, 0.3) is 0 Å². The zero-order valence-electron chi connectivity index (χ0n) is 21.1.